The van der Waals surface area contributed by atoms with E-state index in [1.54, 1.807) is 0 Å². The van der Waals surface area contributed by atoms with Crippen molar-refractivity contribution in [1.82, 2.24) is 9.97 Å². The highest BCUT2D eigenvalue weighted by Gasteiger charge is 2.22. The summed E-state index contributed by atoms with van der Waals surface area (Å²) < 4.78 is 0. The zero-order valence-corrected chi connectivity index (χ0v) is 9.39. The number of nitrogens with zero attached hydrogens (tertiary/aromatic N) is 1. The van der Waals surface area contributed by atoms with Gasteiger partial charge in [-0.25, -0.2) is 4.98 Å². The van der Waals surface area contributed by atoms with Crippen LogP contribution in [0.5, 0.6) is 0 Å². The van der Waals surface area contributed by atoms with Crippen molar-refractivity contribution in [1.29, 1.82) is 0 Å². The highest BCUT2D eigenvalue weighted by Crippen LogP contribution is 2.31. The quantitative estimate of drug-likeness (QED) is 0.807. The molecule has 2 heterocycles. The number of thiophene rings is 1. The first-order valence-electron chi connectivity index (χ1n) is 4.63. The second kappa shape index (κ2) is 3.43. The number of hydrogen-bond donors (Lipinski definition) is 2. The lowest BCUT2D eigenvalue weighted by Gasteiger charge is -2.18. The number of aromatic amines is 1. The lowest BCUT2D eigenvalue weighted by atomic mass is 9.93. The first kappa shape index (κ1) is 10.3. The molecule has 0 radical (unpaired) electrons. The highest BCUT2D eigenvalue weighted by molar-refractivity contribution is 7.18. The Kier molecular flexibility index (Phi) is 2.36. The summed E-state index contributed by atoms with van der Waals surface area (Å²) in [7, 11) is 0. The van der Waals surface area contributed by atoms with E-state index in [0.717, 1.165) is 9.71 Å². The van der Waals surface area contributed by atoms with E-state index >= 15 is 0 Å². The third-order valence-corrected chi connectivity index (χ3v) is 3.81. The van der Waals surface area contributed by atoms with Gasteiger partial charge in [-0.1, -0.05) is 13.8 Å². The summed E-state index contributed by atoms with van der Waals surface area (Å²) in [5.74, 6) is 0. The zero-order valence-electron chi connectivity index (χ0n) is 8.57. The van der Waals surface area contributed by atoms with Gasteiger partial charge in [0.15, 0.2) is 0 Å². The van der Waals surface area contributed by atoms with Gasteiger partial charge in [0.05, 0.1) is 18.3 Å². The van der Waals surface area contributed by atoms with Crippen LogP contribution in [0.3, 0.4) is 0 Å². The standard InChI is InChI=1S/C10H12N2O2S/c1-10(2,4-13)7-3-6-8(14)11-5-12-9(6)15-7/h3,5,13H,4H2,1-2H3,(H,11,12,14). The maximum absolute atomic E-state index is 11.5. The first-order valence-corrected chi connectivity index (χ1v) is 5.45. The molecule has 2 rings (SSSR count). The summed E-state index contributed by atoms with van der Waals surface area (Å²) in [4.78, 5) is 19.8. The molecule has 0 bridgehead atoms. The molecular weight excluding hydrogens is 212 g/mol. The van der Waals surface area contributed by atoms with Crippen LogP contribution in [0.2, 0.25) is 0 Å². The molecule has 0 fully saturated rings. The minimum atomic E-state index is -0.322. The molecule has 0 aliphatic carbocycles. The van der Waals surface area contributed by atoms with Crippen LogP contribution >= 0.6 is 11.3 Å². The van der Waals surface area contributed by atoms with Crippen molar-refractivity contribution in [2.45, 2.75) is 19.3 Å². The molecular formula is C10H12N2O2S. The molecule has 15 heavy (non-hydrogen) atoms. The lowest BCUT2D eigenvalue weighted by molar-refractivity contribution is 0.221. The fourth-order valence-electron chi connectivity index (χ4n) is 1.28. The minimum absolute atomic E-state index is 0.0533. The van der Waals surface area contributed by atoms with E-state index in [0.29, 0.717) is 5.39 Å². The topological polar surface area (TPSA) is 66.0 Å². The van der Waals surface area contributed by atoms with Gasteiger partial charge in [0.1, 0.15) is 4.83 Å². The maximum Gasteiger partial charge on any atom is 0.259 e. The maximum atomic E-state index is 11.5. The third-order valence-electron chi connectivity index (χ3n) is 2.40. The molecule has 5 heteroatoms. The summed E-state index contributed by atoms with van der Waals surface area (Å²) in [6.07, 6.45) is 1.40. The lowest BCUT2D eigenvalue weighted by Crippen LogP contribution is -2.20. The monoisotopic (exact) mass is 224 g/mol. The number of rotatable bonds is 2. The summed E-state index contributed by atoms with van der Waals surface area (Å²) in [5.41, 5.74) is -0.450. The van der Waals surface area contributed by atoms with Gasteiger partial charge in [-0.2, -0.15) is 0 Å². The number of nitrogens with one attached hydrogen (secondary N) is 1. The van der Waals surface area contributed by atoms with Crippen LogP contribution in [0.4, 0.5) is 0 Å². The molecule has 0 saturated heterocycles. The molecule has 80 valence electrons. The predicted molar refractivity (Wildman–Crippen MR) is 60.4 cm³/mol. The van der Waals surface area contributed by atoms with Crippen molar-refractivity contribution in [3.63, 3.8) is 0 Å². The summed E-state index contributed by atoms with van der Waals surface area (Å²) in [6, 6.07) is 1.81. The minimum Gasteiger partial charge on any atom is -0.395 e. The van der Waals surface area contributed by atoms with E-state index < -0.39 is 0 Å². The average Bonchev–Trinajstić information content (AvgIpc) is 2.64. The van der Waals surface area contributed by atoms with Gasteiger partial charge in [0.25, 0.3) is 5.56 Å². The van der Waals surface area contributed by atoms with Crippen LogP contribution in [0, 0.1) is 0 Å². The van der Waals surface area contributed by atoms with Crippen LogP contribution < -0.4 is 5.56 Å². The Morgan fingerprint density at radius 3 is 2.93 bits per heavy atom. The molecule has 0 spiro atoms. The first-order chi connectivity index (χ1) is 7.04. The number of aliphatic hydroxyl groups is 1. The Hall–Kier alpha value is -1.20. The molecule has 0 atom stereocenters. The van der Waals surface area contributed by atoms with E-state index in [9.17, 15) is 9.90 Å². The van der Waals surface area contributed by atoms with E-state index in [-0.39, 0.29) is 17.6 Å². The Balaban J connectivity index is 2.67. The number of fused-ring (bicyclic) bond motifs is 1. The van der Waals surface area contributed by atoms with Crippen LogP contribution in [0.15, 0.2) is 17.2 Å². The summed E-state index contributed by atoms with van der Waals surface area (Å²) in [5, 5.41) is 9.84. The number of hydrogen-bond acceptors (Lipinski definition) is 4. The van der Waals surface area contributed by atoms with Crippen LogP contribution in [0.1, 0.15) is 18.7 Å². The Labute approximate surface area is 90.6 Å². The van der Waals surface area contributed by atoms with Crippen molar-refractivity contribution in [3.8, 4) is 0 Å². The van der Waals surface area contributed by atoms with Crippen molar-refractivity contribution in [2.75, 3.05) is 6.61 Å². The third kappa shape index (κ3) is 1.68. The van der Waals surface area contributed by atoms with Crippen molar-refractivity contribution < 1.29 is 5.11 Å². The molecule has 0 saturated carbocycles. The predicted octanol–water partition coefficient (Wildman–Crippen LogP) is 1.25. The van der Waals surface area contributed by atoms with Gasteiger partial charge in [-0.3, -0.25) is 4.79 Å². The molecule has 2 aromatic heterocycles. The van der Waals surface area contributed by atoms with Crippen LogP contribution in [-0.2, 0) is 5.41 Å². The summed E-state index contributed by atoms with van der Waals surface area (Å²) in [6.45, 7) is 3.93. The summed E-state index contributed by atoms with van der Waals surface area (Å²) >= 11 is 1.45. The molecule has 2 N–H and O–H groups in total. The molecule has 2 aromatic rings. The second-order valence-electron chi connectivity index (χ2n) is 4.10. The van der Waals surface area contributed by atoms with Crippen molar-refractivity contribution >= 4 is 21.6 Å². The fourth-order valence-corrected chi connectivity index (χ4v) is 2.37. The van der Waals surface area contributed by atoms with E-state index in [1.165, 1.54) is 17.7 Å². The Bertz CT molecular complexity index is 542. The number of aromatic nitrogens is 2. The smallest absolute Gasteiger partial charge is 0.259 e. The Morgan fingerprint density at radius 2 is 2.33 bits per heavy atom. The molecule has 0 amide bonds. The van der Waals surface area contributed by atoms with E-state index in [4.69, 9.17) is 0 Å². The SMILES string of the molecule is CC(C)(CO)c1cc2c(=O)[nH]cnc2s1. The fraction of sp³-hybridized carbons (Fsp3) is 0.400. The van der Waals surface area contributed by atoms with Gasteiger partial charge >= 0.3 is 0 Å². The zero-order chi connectivity index (χ0) is 11.1. The number of aliphatic hydroxyl groups excluding tert-OH is 1. The van der Waals surface area contributed by atoms with Crippen molar-refractivity contribution in [2.24, 2.45) is 0 Å². The van der Waals surface area contributed by atoms with Crippen LogP contribution in [0.25, 0.3) is 10.2 Å². The number of H-pyrrole nitrogens is 1. The van der Waals surface area contributed by atoms with Gasteiger partial charge < -0.3 is 10.1 Å². The van der Waals surface area contributed by atoms with Gasteiger partial charge in [-0.15, -0.1) is 11.3 Å². The molecule has 0 unspecified atom stereocenters. The highest BCUT2D eigenvalue weighted by atomic mass is 32.1. The molecule has 0 aromatic carbocycles. The molecule has 4 nitrogen and oxygen atoms in total. The van der Waals surface area contributed by atoms with Crippen LogP contribution in [-0.4, -0.2) is 21.7 Å². The van der Waals surface area contributed by atoms with Gasteiger partial charge in [0.2, 0.25) is 0 Å². The van der Waals surface area contributed by atoms with Crippen molar-refractivity contribution in [3.05, 3.63) is 27.6 Å². The van der Waals surface area contributed by atoms with E-state index in [2.05, 4.69) is 9.97 Å². The molecule has 0 aliphatic heterocycles. The van der Waals surface area contributed by atoms with E-state index in [1.807, 2.05) is 19.9 Å². The average molecular weight is 224 g/mol. The van der Waals surface area contributed by atoms with Gasteiger partial charge in [-0.05, 0) is 6.07 Å². The second-order valence-corrected chi connectivity index (χ2v) is 5.13. The van der Waals surface area contributed by atoms with Gasteiger partial charge in [0, 0.05) is 10.3 Å². The Morgan fingerprint density at radius 1 is 1.60 bits per heavy atom. The normalized spacial score (nSPS) is 12.2. The largest absolute Gasteiger partial charge is 0.395 e. The molecule has 0 aliphatic rings.